The fourth-order valence-corrected chi connectivity index (χ4v) is 6.19. The van der Waals surface area contributed by atoms with Crippen molar-refractivity contribution < 1.29 is 8.83 Å². The number of aromatic nitrogens is 3. The Bertz CT molecular complexity index is 2480. The van der Waals surface area contributed by atoms with Crippen LogP contribution >= 0.6 is 0 Å². The molecule has 4 heterocycles. The summed E-state index contributed by atoms with van der Waals surface area (Å²) in [6.07, 6.45) is 0. The summed E-state index contributed by atoms with van der Waals surface area (Å²) < 4.78 is 15.1. The number of hydrogen-bond acceptors (Lipinski definition) is 4. The molecule has 0 fully saturated rings. The summed E-state index contributed by atoms with van der Waals surface area (Å²) in [5.74, 6) is 0.805. The molecule has 5 heteroatoms. The van der Waals surface area contributed by atoms with Gasteiger partial charge in [-0.1, -0.05) is 66.7 Å². The van der Waals surface area contributed by atoms with E-state index in [4.69, 9.17) is 18.8 Å². The lowest BCUT2D eigenvalue weighted by molar-refractivity contribution is 0.655. The average molecular weight is 542 g/mol. The number of benzene rings is 5. The summed E-state index contributed by atoms with van der Waals surface area (Å²) >= 11 is 0. The quantitative estimate of drug-likeness (QED) is 0.223. The molecule has 198 valence electrons. The van der Waals surface area contributed by atoms with E-state index < -0.39 is 0 Å². The maximum Gasteiger partial charge on any atom is 0.227 e. The van der Waals surface area contributed by atoms with Crippen molar-refractivity contribution >= 4 is 55.0 Å². The van der Waals surface area contributed by atoms with Crippen molar-refractivity contribution in [1.82, 2.24) is 14.5 Å². The third kappa shape index (κ3) is 3.31. The smallest absolute Gasteiger partial charge is 0.227 e. The van der Waals surface area contributed by atoms with Gasteiger partial charge in [-0.3, -0.25) is 4.57 Å². The first-order chi connectivity index (χ1) is 20.7. The lowest BCUT2D eigenvalue weighted by Gasteiger charge is -2.11. The molecular weight excluding hydrogens is 518 g/mol. The number of imidazole rings is 1. The molecule has 0 bridgehead atoms. The fourth-order valence-electron chi connectivity index (χ4n) is 6.19. The Morgan fingerprint density at radius 3 is 2.33 bits per heavy atom. The standard InChI is InChI=1S/C37H23N3O2/c1-22-15-17-28(35-34(22)27-19-20-29(39-37(27)42-35)23-9-3-2-4-10-23)36-38-30-12-6-7-13-31(30)40(36)24-16-18-26-25-11-5-8-14-32(25)41-33(26)21-24/h2-21H,1H3. The summed E-state index contributed by atoms with van der Waals surface area (Å²) in [7, 11) is 0. The van der Waals surface area contributed by atoms with E-state index >= 15 is 0 Å². The lowest BCUT2D eigenvalue weighted by Crippen LogP contribution is -1.98. The molecule has 5 aromatic carbocycles. The molecule has 5 nitrogen and oxygen atoms in total. The van der Waals surface area contributed by atoms with Gasteiger partial charge in [-0.05, 0) is 61.0 Å². The monoisotopic (exact) mass is 541 g/mol. The fraction of sp³-hybridized carbons (Fsp3) is 0.0270. The average Bonchev–Trinajstić information content (AvgIpc) is 3.72. The van der Waals surface area contributed by atoms with Gasteiger partial charge in [0, 0.05) is 33.2 Å². The van der Waals surface area contributed by atoms with Crippen molar-refractivity contribution in [1.29, 1.82) is 0 Å². The summed E-state index contributed by atoms with van der Waals surface area (Å²) in [5, 5.41) is 4.26. The predicted octanol–water partition coefficient (Wildman–Crippen LogP) is 9.86. The van der Waals surface area contributed by atoms with E-state index in [-0.39, 0.29) is 0 Å². The predicted molar refractivity (Wildman–Crippen MR) is 169 cm³/mol. The molecule has 0 amide bonds. The highest BCUT2D eigenvalue weighted by Gasteiger charge is 2.22. The SMILES string of the molecule is Cc1ccc(-c2nc3ccccc3n2-c2ccc3c(c2)oc2ccccc23)c2oc3nc(-c4ccccc4)ccc3c12. The third-order valence-corrected chi connectivity index (χ3v) is 8.19. The molecular formula is C37H23N3O2. The molecule has 0 aliphatic carbocycles. The van der Waals surface area contributed by atoms with Crippen LogP contribution in [0.5, 0.6) is 0 Å². The Kier molecular flexibility index (Phi) is 4.75. The number of fused-ring (bicyclic) bond motifs is 7. The van der Waals surface area contributed by atoms with Gasteiger partial charge in [0.25, 0.3) is 0 Å². The van der Waals surface area contributed by atoms with E-state index in [9.17, 15) is 0 Å². The molecule has 0 atom stereocenters. The van der Waals surface area contributed by atoms with Gasteiger partial charge < -0.3 is 8.83 Å². The van der Waals surface area contributed by atoms with Crippen molar-refractivity contribution in [3.8, 4) is 28.3 Å². The molecule has 0 saturated carbocycles. The minimum Gasteiger partial charge on any atom is -0.456 e. The lowest BCUT2D eigenvalue weighted by atomic mass is 10.0. The first-order valence-electron chi connectivity index (χ1n) is 14.0. The second-order valence-corrected chi connectivity index (χ2v) is 10.7. The molecule has 9 aromatic rings. The van der Waals surface area contributed by atoms with Crippen molar-refractivity contribution in [2.75, 3.05) is 0 Å². The zero-order valence-corrected chi connectivity index (χ0v) is 22.7. The van der Waals surface area contributed by atoms with Crippen LogP contribution < -0.4 is 0 Å². The van der Waals surface area contributed by atoms with Crippen molar-refractivity contribution in [3.05, 3.63) is 127 Å². The summed E-state index contributed by atoms with van der Waals surface area (Å²) in [4.78, 5) is 10.1. The molecule has 0 aliphatic heterocycles. The van der Waals surface area contributed by atoms with E-state index in [0.29, 0.717) is 5.71 Å². The number of aryl methyl sites for hydroxylation is 1. The van der Waals surface area contributed by atoms with Gasteiger partial charge in [0.15, 0.2) is 0 Å². The largest absolute Gasteiger partial charge is 0.456 e. The van der Waals surface area contributed by atoms with E-state index in [1.807, 2.05) is 54.6 Å². The van der Waals surface area contributed by atoms with Gasteiger partial charge in [0.1, 0.15) is 22.6 Å². The molecule has 0 N–H and O–H groups in total. The number of nitrogens with zero attached hydrogens (tertiary/aromatic N) is 3. The van der Waals surface area contributed by atoms with Gasteiger partial charge in [-0.15, -0.1) is 0 Å². The van der Waals surface area contributed by atoms with Gasteiger partial charge >= 0.3 is 0 Å². The third-order valence-electron chi connectivity index (χ3n) is 8.19. The van der Waals surface area contributed by atoms with Crippen LogP contribution in [-0.2, 0) is 0 Å². The Hall–Kier alpha value is -5.68. The van der Waals surface area contributed by atoms with E-state index in [0.717, 1.165) is 83.2 Å². The van der Waals surface area contributed by atoms with Crippen molar-refractivity contribution in [2.45, 2.75) is 6.92 Å². The summed E-state index contributed by atoms with van der Waals surface area (Å²) in [6, 6.07) is 41.4. The highest BCUT2D eigenvalue weighted by molar-refractivity contribution is 6.11. The molecule has 0 unspecified atom stereocenters. The topological polar surface area (TPSA) is 57.0 Å². The van der Waals surface area contributed by atoms with Crippen LogP contribution in [0, 0.1) is 6.92 Å². The summed E-state index contributed by atoms with van der Waals surface area (Å²) in [6.45, 7) is 2.12. The first-order valence-corrected chi connectivity index (χ1v) is 14.0. The number of rotatable bonds is 3. The maximum absolute atomic E-state index is 6.60. The van der Waals surface area contributed by atoms with Crippen LogP contribution in [0.2, 0.25) is 0 Å². The van der Waals surface area contributed by atoms with Gasteiger partial charge in [0.2, 0.25) is 5.71 Å². The van der Waals surface area contributed by atoms with Crippen LogP contribution in [-0.4, -0.2) is 14.5 Å². The number of pyridine rings is 1. The molecule has 42 heavy (non-hydrogen) atoms. The zero-order valence-electron chi connectivity index (χ0n) is 22.7. The Labute approximate surface area is 240 Å². The van der Waals surface area contributed by atoms with Crippen LogP contribution in [0.1, 0.15) is 5.56 Å². The van der Waals surface area contributed by atoms with E-state index in [1.54, 1.807) is 0 Å². The maximum atomic E-state index is 6.60. The second kappa shape index (κ2) is 8.66. The molecule has 0 spiro atoms. The number of hydrogen-bond donors (Lipinski definition) is 0. The Morgan fingerprint density at radius 1 is 0.619 bits per heavy atom. The molecule has 4 aromatic heterocycles. The van der Waals surface area contributed by atoms with Crippen LogP contribution in [0.3, 0.4) is 0 Å². The number of para-hydroxylation sites is 3. The van der Waals surface area contributed by atoms with Crippen LogP contribution in [0.25, 0.3) is 83.4 Å². The Balaban J connectivity index is 1.31. The normalized spacial score (nSPS) is 11.9. The van der Waals surface area contributed by atoms with Gasteiger partial charge in [-0.2, -0.15) is 0 Å². The highest BCUT2D eigenvalue weighted by atomic mass is 16.3. The minimum absolute atomic E-state index is 0.619. The van der Waals surface area contributed by atoms with E-state index in [2.05, 4.69) is 78.2 Å². The number of furan rings is 2. The second-order valence-electron chi connectivity index (χ2n) is 10.7. The van der Waals surface area contributed by atoms with E-state index in [1.165, 1.54) is 0 Å². The minimum atomic E-state index is 0.619. The van der Waals surface area contributed by atoms with Gasteiger partial charge in [0.05, 0.1) is 28.0 Å². The molecule has 0 saturated heterocycles. The molecule has 0 aliphatic rings. The Morgan fingerprint density at radius 2 is 1.40 bits per heavy atom. The van der Waals surface area contributed by atoms with Crippen molar-refractivity contribution in [2.24, 2.45) is 0 Å². The van der Waals surface area contributed by atoms with Crippen LogP contribution in [0.15, 0.2) is 130 Å². The van der Waals surface area contributed by atoms with Crippen molar-refractivity contribution in [3.63, 3.8) is 0 Å². The zero-order chi connectivity index (χ0) is 27.8. The molecule has 9 rings (SSSR count). The summed E-state index contributed by atoms with van der Waals surface area (Å²) in [5.41, 5.74) is 10.00. The molecule has 0 radical (unpaired) electrons. The van der Waals surface area contributed by atoms with Gasteiger partial charge in [-0.25, -0.2) is 9.97 Å². The highest BCUT2D eigenvalue weighted by Crippen LogP contribution is 2.40. The van der Waals surface area contributed by atoms with Crippen LogP contribution in [0.4, 0.5) is 0 Å². The first kappa shape index (κ1) is 23.1.